The molecule has 0 aliphatic heterocycles. The molecule has 6 heavy (non-hydrogen) atoms. The van der Waals surface area contributed by atoms with Crippen LogP contribution in [0.2, 0.25) is 0 Å². The van der Waals surface area contributed by atoms with E-state index in [2.05, 4.69) is 0 Å². The Labute approximate surface area is 47.8 Å². The maximum absolute atomic E-state index is 8.88. The quantitative estimate of drug-likeness (QED) is 0.504. The summed E-state index contributed by atoms with van der Waals surface area (Å²) in [4.78, 5) is 21.6. The van der Waals surface area contributed by atoms with Crippen molar-refractivity contribution in [1.82, 2.24) is 0 Å². The zero-order valence-electron chi connectivity index (χ0n) is 2.53. The van der Waals surface area contributed by atoms with Gasteiger partial charge in [0.15, 0.2) is 0 Å². The Hall–Kier alpha value is 0.759. The summed E-state index contributed by atoms with van der Waals surface area (Å²) in [5, 5.41) is 0. The van der Waals surface area contributed by atoms with Gasteiger partial charge in [-0.1, -0.05) is 0 Å². The molecule has 0 atom stereocenters. The summed E-state index contributed by atoms with van der Waals surface area (Å²) < 4.78 is 8.88. The number of phosphoric acid groups is 1. The van der Waals surface area contributed by atoms with Gasteiger partial charge in [0.05, 0.1) is 0 Å². The molecule has 6 heteroatoms. The molecule has 0 aromatic heterocycles. The van der Waals surface area contributed by atoms with E-state index in [9.17, 15) is 0 Å². The topological polar surface area (TPSA) is 77.8 Å². The van der Waals surface area contributed by atoms with E-state index in [1.807, 2.05) is 0 Å². The van der Waals surface area contributed by atoms with E-state index in [-0.39, 0.29) is 20.1 Å². The van der Waals surface area contributed by atoms with Crippen LogP contribution in [0, 0.1) is 0 Å². The van der Waals surface area contributed by atoms with Crippen molar-refractivity contribution < 1.29 is 39.4 Å². The van der Waals surface area contributed by atoms with Crippen LogP contribution in [-0.4, -0.2) is 14.7 Å². The second-order valence-electron chi connectivity index (χ2n) is 0.513. The molecule has 0 saturated carbocycles. The van der Waals surface area contributed by atoms with E-state index >= 15 is 0 Å². The van der Waals surface area contributed by atoms with Gasteiger partial charge in [0.25, 0.3) is 0 Å². The fourth-order valence-electron chi connectivity index (χ4n) is 0. The van der Waals surface area contributed by atoms with Gasteiger partial charge in [-0.2, -0.15) is 0 Å². The molecule has 0 rings (SSSR count). The van der Waals surface area contributed by atoms with Gasteiger partial charge >= 0.3 is 7.82 Å². The fraction of sp³-hybridized carbons (Fsp3) is 0. The molecule has 4 nitrogen and oxygen atoms in total. The van der Waals surface area contributed by atoms with Gasteiger partial charge in [0, 0.05) is 20.1 Å². The second kappa shape index (κ2) is 2.86. The molecule has 0 aliphatic rings. The molecule has 0 aliphatic carbocycles. The Morgan fingerprint density at radius 3 is 1.17 bits per heavy atom. The van der Waals surface area contributed by atoms with E-state index in [0.717, 1.165) is 0 Å². The Bertz CT molecular complexity index is 53.7. The summed E-state index contributed by atoms with van der Waals surface area (Å²) in [6.07, 6.45) is 0. The monoisotopic (exact) mass is 291 g/mol. The minimum absolute atomic E-state index is 0. The molecule has 0 aromatic carbocycles. The maximum atomic E-state index is 8.88. The predicted octanol–water partition coefficient (Wildman–Crippen LogP) is -0.931. The summed E-state index contributed by atoms with van der Waals surface area (Å²) in [7, 11) is -4.64. The van der Waals surface area contributed by atoms with Crippen LogP contribution < -0.4 is 0 Å². The van der Waals surface area contributed by atoms with E-state index in [0.29, 0.717) is 0 Å². The Morgan fingerprint density at radius 2 is 1.17 bits per heavy atom. The molecule has 0 amide bonds. The van der Waals surface area contributed by atoms with Crippen molar-refractivity contribution in [2.45, 2.75) is 0 Å². The van der Waals surface area contributed by atoms with Crippen LogP contribution in [0.4, 0.5) is 0 Å². The van der Waals surface area contributed by atoms with Crippen molar-refractivity contribution >= 4 is 7.82 Å². The molecule has 0 saturated heterocycles. The molecule has 1 radical (unpaired) electrons. The van der Waals surface area contributed by atoms with Crippen LogP contribution in [0.15, 0.2) is 0 Å². The van der Waals surface area contributed by atoms with Crippen molar-refractivity contribution in [3.8, 4) is 0 Å². The van der Waals surface area contributed by atoms with Gasteiger partial charge in [-0.05, 0) is 0 Å². The van der Waals surface area contributed by atoms with Crippen LogP contribution >= 0.6 is 7.82 Å². The number of hydrogen-bond acceptors (Lipinski definition) is 1. The normalized spacial score (nSPS) is 9.83. The number of rotatable bonds is 0. The van der Waals surface area contributed by atoms with Gasteiger partial charge in [-0.15, -0.1) is 0 Å². The predicted molar refractivity (Wildman–Crippen MR) is 14.3 cm³/mol. The smallest absolute Gasteiger partial charge is 0.303 e. The largest absolute Gasteiger partial charge is 0.466 e. The van der Waals surface area contributed by atoms with Crippen LogP contribution in [0.3, 0.4) is 0 Å². The summed E-state index contributed by atoms with van der Waals surface area (Å²) in [6.45, 7) is 0. The molecule has 0 heterocycles. The molecular weight excluding hydrogens is 287 g/mol. The summed E-state index contributed by atoms with van der Waals surface area (Å²) in [5.41, 5.74) is 0. The third-order valence-corrected chi connectivity index (χ3v) is 0. The van der Waals surface area contributed by atoms with Crippen LogP contribution in [0.1, 0.15) is 0 Å². The first-order valence-electron chi connectivity index (χ1n) is 0.783. The zero-order chi connectivity index (χ0) is 4.50. The van der Waals surface area contributed by atoms with Crippen molar-refractivity contribution in [3.05, 3.63) is 0 Å². The average Bonchev–Trinajstić information content (AvgIpc) is 0.722. The van der Waals surface area contributed by atoms with Crippen LogP contribution in [0.25, 0.3) is 0 Å². The van der Waals surface area contributed by atoms with Gasteiger partial charge in [0.2, 0.25) is 0 Å². The van der Waals surface area contributed by atoms with E-state index in [1.54, 1.807) is 0 Å². The molecule has 41 valence electrons. The third kappa shape index (κ3) is 117. The van der Waals surface area contributed by atoms with Crippen molar-refractivity contribution in [2.75, 3.05) is 0 Å². The Morgan fingerprint density at radius 1 is 1.17 bits per heavy atom. The molecule has 0 fully saturated rings. The van der Waals surface area contributed by atoms with Gasteiger partial charge < -0.3 is 14.7 Å². The Balaban J connectivity index is 0. The maximum Gasteiger partial charge on any atom is 0.466 e. The molecular formula is H3IrO4P. The summed E-state index contributed by atoms with van der Waals surface area (Å²) >= 11 is 0. The molecule has 0 aromatic rings. The average molecular weight is 290 g/mol. The van der Waals surface area contributed by atoms with Crippen LogP contribution in [-0.2, 0) is 24.7 Å². The first kappa shape index (κ1) is 9.90. The third-order valence-electron chi connectivity index (χ3n) is 0. The molecule has 0 spiro atoms. The van der Waals surface area contributed by atoms with E-state index < -0.39 is 7.82 Å². The molecule has 0 bridgehead atoms. The van der Waals surface area contributed by atoms with E-state index in [4.69, 9.17) is 19.2 Å². The number of hydrogen-bond donors (Lipinski definition) is 3. The minimum Gasteiger partial charge on any atom is -0.303 e. The molecule has 0 unspecified atom stereocenters. The first-order valence-corrected chi connectivity index (χ1v) is 2.35. The zero-order valence-corrected chi connectivity index (χ0v) is 5.82. The van der Waals surface area contributed by atoms with E-state index in [1.165, 1.54) is 0 Å². The van der Waals surface area contributed by atoms with Crippen LogP contribution in [0.5, 0.6) is 0 Å². The standard InChI is InChI=1S/Ir.H3O4P/c;1-5(2,3)4/h;(H3,1,2,3,4). The Kier molecular flexibility index (Phi) is 4.71. The summed E-state index contributed by atoms with van der Waals surface area (Å²) in [5.74, 6) is 0. The first-order chi connectivity index (χ1) is 2.00. The summed E-state index contributed by atoms with van der Waals surface area (Å²) in [6, 6.07) is 0. The van der Waals surface area contributed by atoms with Gasteiger partial charge in [-0.25, -0.2) is 4.57 Å². The minimum atomic E-state index is -4.64. The van der Waals surface area contributed by atoms with Gasteiger partial charge in [0.1, 0.15) is 0 Å². The SMILES string of the molecule is O=P(O)(O)O.[Ir]. The van der Waals surface area contributed by atoms with Gasteiger partial charge in [-0.3, -0.25) is 0 Å². The molecule has 3 N–H and O–H groups in total. The van der Waals surface area contributed by atoms with Crippen molar-refractivity contribution in [1.29, 1.82) is 0 Å². The van der Waals surface area contributed by atoms with Crippen molar-refractivity contribution in [2.24, 2.45) is 0 Å². The fourth-order valence-corrected chi connectivity index (χ4v) is 0. The van der Waals surface area contributed by atoms with Crippen molar-refractivity contribution in [3.63, 3.8) is 0 Å². The second-order valence-corrected chi connectivity index (χ2v) is 1.54.